The third-order valence-corrected chi connectivity index (χ3v) is 2.66. The summed E-state index contributed by atoms with van der Waals surface area (Å²) in [7, 11) is 0. The van der Waals surface area contributed by atoms with Gasteiger partial charge in [0, 0.05) is 5.56 Å². The van der Waals surface area contributed by atoms with Gasteiger partial charge in [-0.3, -0.25) is 14.9 Å². The first-order valence-electron chi connectivity index (χ1n) is 5.53. The number of aromatic nitrogens is 2. The number of benzene rings is 1. The Morgan fingerprint density at radius 3 is 2.35 bits per heavy atom. The van der Waals surface area contributed by atoms with Gasteiger partial charge in [0.25, 0.3) is 6.43 Å². The van der Waals surface area contributed by atoms with Gasteiger partial charge in [0.05, 0.1) is 10.6 Å². The second kappa shape index (κ2) is 5.16. The van der Waals surface area contributed by atoms with Crippen LogP contribution in [-0.4, -0.2) is 20.5 Å². The molecule has 0 radical (unpaired) electrons. The molecule has 0 aliphatic rings. The van der Waals surface area contributed by atoms with E-state index in [0.717, 1.165) is 10.9 Å². The monoisotopic (exact) mass is 281 g/mol. The number of carbonyl (C=O) groups excluding carboxylic acids is 1. The molecule has 0 N–H and O–H groups in total. The quantitative estimate of drug-likeness (QED) is 0.490. The molecule has 0 atom stereocenters. The molecule has 0 aliphatic carbocycles. The zero-order valence-electron chi connectivity index (χ0n) is 10.3. The fourth-order valence-corrected chi connectivity index (χ4v) is 1.66. The van der Waals surface area contributed by atoms with Crippen LogP contribution in [0.15, 0.2) is 30.5 Å². The van der Waals surface area contributed by atoms with Crippen molar-refractivity contribution in [3.63, 3.8) is 0 Å². The van der Waals surface area contributed by atoms with Crippen molar-refractivity contribution < 1.29 is 18.5 Å². The first-order chi connectivity index (χ1) is 9.40. The van der Waals surface area contributed by atoms with Crippen LogP contribution < -0.4 is 0 Å². The molecule has 0 saturated carbocycles. The van der Waals surface area contributed by atoms with Gasteiger partial charge in [-0.15, -0.1) is 0 Å². The minimum atomic E-state index is -3.03. The van der Waals surface area contributed by atoms with Crippen molar-refractivity contribution in [1.82, 2.24) is 9.78 Å². The average molecular weight is 281 g/mol. The van der Waals surface area contributed by atoms with Gasteiger partial charge in [-0.2, -0.15) is 5.10 Å². The number of carbonyl (C=O) groups is 1. The van der Waals surface area contributed by atoms with Crippen molar-refractivity contribution >= 4 is 11.5 Å². The summed E-state index contributed by atoms with van der Waals surface area (Å²) in [5.41, 5.74) is -0.823. The standard InChI is InChI=1S/C12H9F2N3O3/c1-7(18)8-2-4-9(5-3-8)16-6-10(17(19)20)11(15-16)12(13)14/h2-6,12H,1H3. The fourth-order valence-electron chi connectivity index (χ4n) is 1.66. The Labute approximate surface area is 111 Å². The van der Waals surface area contributed by atoms with E-state index in [9.17, 15) is 23.7 Å². The Kier molecular flexibility index (Phi) is 3.55. The van der Waals surface area contributed by atoms with E-state index in [-0.39, 0.29) is 5.78 Å². The maximum Gasteiger partial charge on any atom is 0.316 e. The lowest BCUT2D eigenvalue weighted by Crippen LogP contribution is -1.98. The van der Waals surface area contributed by atoms with Gasteiger partial charge in [0.1, 0.15) is 6.20 Å². The maximum absolute atomic E-state index is 12.7. The molecule has 8 heteroatoms. The van der Waals surface area contributed by atoms with Crippen molar-refractivity contribution in [2.75, 3.05) is 0 Å². The molecule has 2 aromatic rings. The summed E-state index contributed by atoms with van der Waals surface area (Å²) >= 11 is 0. The third kappa shape index (κ3) is 2.53. The van der Waals surface area contributed by atoms with E-state index in [0.29, 0.717) is 11.3 Å². The zero-order valence-corrected chi connectivity index (χ0v) is 10.3. The second-order valence-corrected chi connectivity index (χ2v) is 4.01. The lowest BCUT2D eigenvalue weighted by atomic mass is 10.1. The number of ketones is 1. The molecular weight excluding hydrogens is 272 g/mol. The van der Waals surface area contributed by atoms with E-state index in [4.69, 9.17) is 0 Å². The number of halogens is 2. The van der Waals surface area contributed by atoms with E-state index in [1.165, 1.54) is 31.2 Å². The van der Waals surface area contributed by atoms with Gasteiger partial charge in [-0.05, 0) is 31.2 Å². The molecule has 1 heterocycles. The Bertz CT molecular complexity index is 665. The smallest absolute Gasteiger partial charge is 0.295 e. The Hall–Kier alpha value is -2.64. The Morgan fingerprint density at radius 1 is 1.35 bits per heavy atom. The van der Waals surface area contributed by atoms with E-state index >= 15 is 0 Å². The van der Waals surface area contributed by atoms with Gasteiger partial charge < -0.3 is 0 Å². The number of hydrogen-bond acceptors (Lipinski definition) is 4. The molecule has 0 aliphatic heterocycles. The molecule has 0 spiro atoms. The van der Waals surface area contributed by atoms with Crippen LogP contribution in [0.3, 0.4) is 0 Å². The van der Waals surface area contributed by atoms with E-state index in [1.807, 2.05) is 0 Å². The number of nitrogens with zero attached hydrogens (tertiary/aromatic N) is 3. The largest absolute Gasteiger partial charge is 0.316 e. The van der Waals surface area contributed by atoms with Gasteiger partial charge >= 0.3 is 5.69 Å². The molecule has 0 fully saturated rings. The van der Waals surface area contributed by atoms with Crippen LogP contribution in [0.2, 0.25) is 0 Å². The lowest BCUT2D eigenvalue weighted by Gasteiger charge is -2.01. The summed E-state index contributed by atoms with van der Waals surface area (Å²) in [5.74, 6) is -0.142. The van der Waals surface area contributed by atoms with Crippen LogP contribution in [0.25, 0.3) is 5.69 Å². The molecule has 0 bridgehead atoms. The number of Topliss-reactive ketones (excluding diaryl/α,β-unsaturated/α-hetero) is 1. The maximum atomic E-state index is 12.7. The van der Waals surface area contributed by atoms with Crippen molar-refractivity contribution in [3.8, 4) is 5.69 Å². The Morgan fingerprint density at radius 2 is 1.95 bits per heavy atom. The van der Waals surface area contributed by atoms with E-state index < -0.39 is 22.7 Å². The normalized spacial score (nSPS) is 10.8. The van der Waals surface area contributed by atoms with E-state index in [2.05, 4.69) is 5.10 Å². The van der Waals surface area contributed by atoms with Crippen LogP contribution in [0.1, 0.15) is 29.4 Å². The third-order valence-electron chi connectivity index (χ3n) is 2.66. The van der Waals surface area contributed by atoms with Crippen molar-refractivity contribution in [2.24, 2.45) is 0 Å². The van der Waals surface area contributed by atoms with Crippen molar-refractivity contribution in [3.05, 3.63) is 51.8 Å². The summed E-state index contributed by atoms with van der Waals surface area (Å²) in [4.78, 5) is 20.9. The molecule has 20 heavy (non-hydrogen) atoms. The molecular formula is C12H9F2N3O3. The molecule has 2 rings (SSSR count). The van der Waals surface area contributed by atoms with Gasteiger partial charge in [-0.25, -0.2) is 13.5 Å². The number of rotatable bonds is 4. The SMILES string of the molecule is CC(=O)c1ccc(-n2cc([N+](=O)[O-])c(C(F)F)n2)cc1. The second-order valence-electron chi connectivity index (χ2n) is 4.01. The minimum absolute atomic E-state index is 0.142. The number of nitro groups is 1. The molecule has 104 valence electrons. The van der Waals surface area contributed by atoms with E-state index in [1.54, 1.807) is 0 Å². The first kappa shape index (κ1) is 13.8. The van der Waals surface area contributed by atoms with Crippen molar-refractivity contribution in [2.45, 2.75) is 13.3 Å². The van der Waals surface area contributed by atoms with Crippen molar-refractivity contribution in [1.29, 1.82) is 0 Å². The minimum Gasteiger partial charge on any atom is -0.295 e. The molecule has 1 aromatic heterocycles. The average Bonchev–Trinajstić information content (AvgIpc) is 2.84. The van der Waals surface area contributed by atoms with Gasteiger partial charge in [-0.1, -0.05) is 0 Å². The summed E-state index contributed by atoms with van der Waals surface area (Å²) in [6.07, 6.45) is -2.11. The number of alkyl halides is 2. The predicted molar refractivity (Wildman–Crippen MR) is 65.2 cm³/mol. The van der Waals surface area contributed by atoms with Crippen LogP contribution >= 0.6 is 0 Å². The highest BCUT2D eigenvalue weighted by Crippen LogP contribution is 2.28. The number of hydrogen-bond donors (Lipinski definition) is 0. The predicted octanol–water partition coefficient (Wildman–Crippen LogP) is 2.92. The fraction of sp³-hybridized carbons (Fsp3) is 0.167. The highest BCUT2D eigenvalue weighted by atomic mass is 19.3. The van der Waals surface area contributed by atoms with Crippen LogP contribution in [0.4, 0.5) is 14.5 Å². The highest BCUT2D eigenvalue weighted by molar-refractivity contribution is 5.94. The highest BCUT2D eigenvalue weighted by Gasteiger charge is 2.27. The topological polar surface area (TPSA) is 78.0 Å². The summed E-state index contributed by atoms with van der Waals surface area (Å²) in [6.45, 7) is 1.39. The van der Waals surface area contributed by atoms with Gasteiger partial charge in [0.15, 0.2) is 5.78 Å². The van der Waals surface area contributed by atoms with Crippen LogP contribution in [0, 0.1) is 10.1 Å². The molecule has 0 amide bonds. The molecule has 1 aromatic carbocycles. The molecule has 6 nitrogen and oxygen atoms in total. The first-order valence-corrected chi connectivity index (χ1v) is 5.53. The van der Waals surface area contributed by atoms with Crippen LogP contribution in [-0.2, 0) is 0 Å². The van der Waals surface area contributed by atoms with Crippen LogP contribution in [0.5, 0.6) is 0 Å². The lowest BCUT2D eigenvalue weighted by molar-refractivity contribution is -0.386. The summed E-state index contributed by atoms with van der Waals surface area (Å²) in [6, 6.07) is 5.94. The molecule has 0 saturated heterocycles. The summed E-state index contributed by atoms with van der Waals surface area (Å²) in [5, 5.41) is 14.2. The summed E-state index contributed by atoms with van der Waals surface area (Å²) < 4.78 is 26.3. The zero-order chi connectivity index (χ0) is 14.9. The Balaban J connectivity index is 2.45. The van der Waals surface area contributed by atoms with Gasteiger partial charge in [0.2, 0.25) is 5.69 Å². The molecule has 0 unspecified atom stereocenters.